The number of rotatable bonds is 3. The summed E-state index contributed by atoms with van der Waals surface area (Å²) in [5.74, 6) is -0.00343. The van der Waals surface area contributed by atoms with E-state index in [1.165, 1.54) is 16.3 Å². The summed E-state index contributed by atoms with van der Waals surface area (Å²) in [5, 5.41) is 0. The number of hydrogen-bond donors (Lipinski definition) is 0. The van der Waals surface area contributed by atoms with Gasteiger partial charge in [0.05, 0.1) is 0 Å². The number of aryl methyl sites for hydroxylation is 2. The number of benzene rings is 1. The molecule has 168 valence electrons. The average molecular weight is 435 g/mol. The van der Waals surface area contributed by atoms with E-state index in [1.54, 1.807) is 4.90 Å². The van der Waals surface area contributed by atoms with Crippen molar-refractivity contribution in [3.8, 4) is 5.69 Å². The Morgan fingerprint density at radius 3 is 2.19 bits per heavy atom. The molecule has 3 saturated heterocycles. The molecule has 4 amide bonds. The van der Waals surface area contributed by atoms with Gasteiger partial charge in [0.1, 0.15) is 6.04 Å². The maximum absolute atomic E-state index is 13.1. The van der Waals surface area contributed by atoms with Crippen molar-refractivity contribution in [1.29, 1.82) is 0 Å². The van der Waals surface area contributed by atoms with Crippen LogP contribution < -0.4 is 0 Å². The molecule has 0 bridgehead atoms. The van der Waals surface area contributed by atoms with Crippen LogP contribution >= 0.6 is 0 Å². The second-order valence-corrected chi connectivity index (χ2v) is 9.50. The number of likely N-dealkylation sites (N-methyl/N-ethyl adjacent to an activating group) is 1. The molecule has 1 aromatic heterocycles. The normalized spacial score (nSPS) is 22.2. The van der Waals surface area contributed by atoms with Gasteiger partial charge in [-0.1, -0.05) is 0 Å². The van der Waals surface area contributed by atoms with E-state index in [9.17, 15) is 14.4 Å². The second kappa shape index (κ2) is 7.50. The molecule has 3 fully saturated rings. The number of fused-ring (bicyclic) bond motifs is 1. The molecular formula is C25H30N4O3. The Morgan fingerprint density at radius 1 is 1.00 bits per heavy atom. The molecule has 0 radical (unpaired) electrons. The fourth-order valence-corrected chi connectivity index (χ4v) is 5.76. The van der Waals surface area contributed by atoms with Crippen molar-refractivity contribution in [3.63, 3.8) is 0 Å². The quantitative estimate of drug-likeness (QED) is 0.696. The Balaban J connectivity index is 1.24. The van der Waals surface area contributed by atoms with Crippen molar-refractivity contribution in [2.45, 2.75) is 46.1 Å². The Hall–Kier alpha value is -3.09. The summed E-state index contributed by atoms with van der Waals surface area (Å²) in [4.78, 5) is 43.2. The molecule has 7 nitrogen and oxygen atoms in total. The third-order valence-electron chi connectivity index (χ3n) is 7.61. The summed E-state index contributed by atoms with van der Waals surface area (Å²) >= 11 is 0. The standard InChI is InChI=1S/C25H30N4O3/c1-4-27-23(31)21-15-25(16-28(21)24(27)32)11-13-26(14-12-25)22(30)19-7-9-20(10-8-19)29-17(2)5-6-18(29)3/h5-10,21H,4,11-16H2,1-3H3. The highest BCUT2D eigenvalue weighted by Crippen LogP contribution is 2.46. The van der Waals surface area contributed by atoms with Crippen molar-refractivity contribution < 1.29 is 14.4 Å². The highest BCUT2D eigenvalue weighted by Gasteiger charge is 2.56. The number of carbonyl (C=O) groups is 3. The van der Waals surface area contributed by atoms with Gasteiger partial charge in [-0.15, -0.1) is 0 Å². The number of piperidine rings is 1. The van der Waals surface area contributed by atoms with E-state index < -0.39 is 0 Å². The fraction of sp³-hybridized carbons (Fsp3) is 0.480. The molecule has 3 aliphatic rings. The summed E-state index contributed by atoms with van der Waals surface area (Å²) in [6, 6.07) is 11.5. The van der Waals surface area contributed by atoms with E-state index in [0.717, 1.165) is 24.9 Å². The molecule has 5 rings (SSSR count). The molecular weight excluding hydrogens is 404 g/mol. The predicted molar refractivity (Wildman–Crippen MR) is 121 cm³/mol. The van der Waals surface area contributed by atoms with Gasteiger partial charge in [-0.25, -0.2) is 4.79 Å². The van der Waals surface area contributed by atoms with Gasteiger partial charge < -0.3 is 14.4 Å². The molecule has 4 heterocycles. The van der Waals surface area contributed by atoms with Gasteiger partial charge in [-0.05, 0) is 81.8 Å². The van der Waals surface area contributed by atoms with Crippen molar-refractivity contribution in [2.24, 2.45) is 5.41 Å². The van der Waals surface area contributed by atoms with Crippen LogP contribution in [0.25, 0.3) is 5.69 Å². The highest BCUT2D eigenvalue weighted by molar-refractivity contribution is 6.04. The van der Waals surface area contributed by atoms with Crippen LogP contribution in [0.5, 0.6) is 0 Å². The van der Waals surface area contributed by atoms with E-state index in [2.05, 4.69) is 30.5 Å². The van der Waals surface area contributed by atoms with Crippen LogP contribution in [0.3, 0.4) is 0 Å². The number of nitrogens with zero attached hydrogens (tertiary/aromatic N) is 4. The molecule has 1 aromatic carbocycles. The Labute approximate surface area is 188 Å². The molecule has 32 heavy (non-hydrogen) atoms. The molecule has 1 atom stereocenters. The number of imide groups is 1. The van der Waals surface area contributed by atoms with Crippen LogP contribution in [-0.4, -0.2) is 69.3 Å². The first kappa shape index (κ1) is 20.8. The summed E-state index contributed by atoms with van der Waals surface area (Å²) < 4.78 is 2.17. The average Bonchev–Trinajstić information content (AvgIpc) is 3.40. The Kier molecular flexibility index (Phi) is 4.87. The third-order valence-corrected chi connectivity index (χ3v) is 7.61. The molecule has 3 aliphatic heterocycles. The minimum atomic E-state index is -0.308. The second-order valence-electron chi connectivity index (χ2n) is 9.50. The molecule has 0 N–H and O–H groups in total. The first-order chi connectivity index (χ1) is 15.3. The largest absolute Gasteiger partial charge is 0.339 e. The molecule has 1 unspecified atom stereocenters. The minimum Gasteiger partial charge on any atom is -0.339 e. The van der Waals surface area contributed by atoms with Gasteiger partial charge in [-0.3, -0.25) is 14.5 Å². The van der Waals surface area contributed by atoms with Crippen LogP contribution in [0.1, 0.15) is 47.9 Å². The molecule has 0 saturated carbocycles. The van der Waals surface area contributed by atoms with Crippen LogP contribution in [0.2, 0.25) is 0 Å². The van der Waals surface area contributed by atoms with Crippen molar-refractivity contribution >= 4 is 17.8 Å². The lowest BCUT2D eigenvalue weighted by atomic mass is 9.76. The number of urea groups is 1. The molecule has 2 aromatic rings. The Morgan fingerprint density at radius 2 is 1.62 bits per heavy atom. The number of likely N-dealkylation sites (tertiary alicyclic amines) is 1. The van der Waals surface area contributed by atoms with Gasteiger partial charge >= 0.3 is 6.03 Å². The summed E-state index contributed by atoms with van der Waals surface area (Å²) in [6.07, 6.45) is 2.39. The fourth-order valence-electron chi connectivity index (χ4n) is 5.76. The van der Waals surface area contributed by atoms with E-state index in [4.69, 9.17) is 0 Å². The van der Waals surface area contributed by atoms with Crippen molar-refractivity contribution in [1.82, 2.24) is 19.3 Å². The van der Waals surface area contributed by atoms with E-state index in [-0.39, 0.29) is 29.3 Å². The summed E-state index contributed by atoms with van der Waals surface area (Å²) in [5.41, 5.74) is 4.04. The van der Waals surface area contributed by atoms with Crippen molar-refractivity contribution in [2.75, 3.05) is 26.2 Å². The van der Waals surface area contributed by atoms with Crippen LogP contribution in [-0.2, 0) is 4.79 Å². The first-order valence-electron chi connectivity index (χ1n) is 11.5. The van der Waals surface area contributed by atoms with Crippen LogP contribution in [0.15, 0.2) is 36.4 Å². The SMILES string of the molecule is CCN1C(=O)C2CC3(CCN(C(=O)c4ccc(-n5c(C)ccc5C)cc4)CC3)CN2C1=O. The smallest absolute Gasteiger partial charge is 0.327 e. The predicted octanol–water partition coefficient (Wildman–Crippen LogP) is 3.37. The zero-order valence-electron chi connectivity index (χ0n) is 19.0. The third kappa shape index (κ3) is 3.14. The molecule has 1 spiro atoms. The van der Waals surface area contributed by atoms with E-state index in [1.807, 2.05) is 36.1 Å². The van der Waals surface area contributed by atoms with Gasteiger partial charge in [-0.2, -0.15) is 0 Å². The maximum atomic E-state index is 13.1. The minimum absolute atomic E-state index is 0.0417. The number of amides is 4. The summed E-state index contributed by atoms with van der Waals surface area (Å²) in [6.45, 7) is 8.38. The lowest BCUT2D eigenvalue weighted by Gasteiger charge is -2.39. The number of aromatic nitrogens is 1. The van der Waals surface area contributed by atoms with E-state index >= 15 is 0 Å². The van der Waals surface area contributed by atoms with Gasteiger partial charge in [0.2, 0.25) is 0 Å². The maximum Gasteiger partial charge on any atom is 0.327 e. The topological polar surface area (TPSA) is 65.9 Å². The van der Waals surface area contributed by atoms with Crippen molar-refractivity contribution in [3.05, 3.63) is 53.3 Å². The number of carbonyl (C=O) groups excluding carboxylic acids is 3. The van der Waals surface area contributed by atoms with E-state index in [0.29, 0.717) is 31.7 Å². The van der Waals surface area contributed by atoms with Crippen LogP contribution in [0.4, 0.5) is 4.79 Å². The number of hydrogen-bond acceptors (Lipinski definition) is 3. The molecule has 7 heteroatoms. The summed E-state index contributed by atoms with van der Waals surface area (Å²) in [7, 11) is 0. The van der Waals surface area contributed by atoms with Gasteiger partial charge in [0.15, 0.2) is 0 Å². The lowest BCUT2D eigenvalue weighted by molar-refractivity contribution is -0.128. The van der Waals surface area contributed by atoms with Crippen LogP contribution in [0, 0.1) is 19.3 Å². The molecule has 0 aliphatic carbocycles. The monoisotopic (exact) mass is 434 g/mol. The lowest BCUT2D eigenvalue weighted by Crippen LogP contribution is -2.45. The Bertz CT molecular complexity index is 1030. The first-order valence-corrected chi connectivity index (χ1v) is 11.5. The van der Waals surface area contributed by atoms with Gasteiger partial charge in [0.25, 0.3) is 11.8 Å². The van der Waals surface area contributed by atoms with Gasteiger partial charge in [0, 0.05) is 48.8 Å². The zero-order chi connectivity index (χ0) is 22.6. The zero-order valence-corrected chi connectivity index (χ0v) is 19.0. The highest BCUT2D eigenvalue weighted by atomic mass is 16.2.